The third-order valence-corrected chi connectivity index (χ3v) is 4.60. The molecule has 0 aliphatic carbocycles. The van der Waals surface area contributed by atoms with Gasteiger partial charge >= 0.3 is 0 Å². The number of rotatable bonds is 6. The standard InChI is InChI=1S/C17H25N5O3/c1-10(2)17-19-16(21-25-17)14-6-5-7-22(14)9-15(23)18-8-13-11(3)20-24-12(13)4/h10,14H,5-9H2,1-4H3,(H,18,23)/t14-/m1/s1. The quantitative estimate of drug-likeness (QED) is 0.856. The van der Waals surface area contributed by atoms with Crippen molar-refractivity contribution < 1.29 is 13.8 Å². The first kappa shape index (κ1) is 17.6. The monoisotopic (exact) mass is 347 g/mol. The van der Waals surface area contributed by atoms with Crippen molar-refractivity contribution in [2.45, 2.75) is 59.0 Å². The van der Waals surface area contributed by atoms with E-state index in [0.29, 0.717) is 24.8 Å². The molecule has 2 aromatic rings. The van der Waals surface area contributed by atoms with Crippen LogP contribution in [0.4, 0.5) is 0 Å². The number of hydrogen-bond donors (Lipinski definition) is 1. The Morgan fingerprint density at radius 3 is 2.76 bits per heavy atom. The highest BCUT2D eigenvalue weighted by atomic mass is 16.5. The zero-order valence-electron chi connectivity index (χ0n) is 15.2. The molecule has 0 spiro atoms. The molecule has 0 radical (unpaired) electrons. The molecule has 1 saturated heterocycles. The van der Waals surface area contributed by atoms with Gasteiger partial charge in [0.15, 0.2) is 5.82 Å². The van der Waals surface area contributed by atoms with E-state index in [2.05, 4.69) is 25.5 Å². The summed E-state index contributed by atoms with van der Waals surface area (Å²) in [6.45, 7) is 9.36. The van der Waals surface area contributed by atoms with Gasteiger partial charge in [0.25, 0.3) is 0 Å². The summed E-state index contributed by atoms with van der Waals surface area (Å²) < 4.78 is 10.4. The van der Waals surface area contributed by atoms with Crippen molar-refractivity contribution in [1.29, 1.82) is 0 Å². The highest BCUT2D eigenvalue weighted by molar-refractivity contribution is 5.78. The molecule has 3 rings (SSSR count). The summed E-state index contributed by atoms with van der Waals surface area (Å²) in [5.41, 5.74) is 1.75. The molecule has 1 atom stereocenters. The number of carbonyl (C=O) groups excluding carboxylic acids is 1. The van der Waals surface area contributed by atoms with E-state index < -0.39 is 0 Å². The summed E-state index contributed by atoms with van der Waals surface area (Å²) in [5, 5.41) is 11.0. The molecule has 1 fully saturated rings. The lowest BCUT2D eigenvalue weighted by Crippen LogP contribution is -2.37. The summed E-state index contributed by atoms with van der Waals surface area (Å²) in [6.07, 6.45) is 1.96. The van der Waals surface area contributed by atoms with Gasteiger partial charge < -0.3 is 14.4 Å². The van der Waals surface area contributed by atoms with E-state index in [4.69, 9.17) is 9.05 Å². The molecule has 1 aliphatic rings. The Hall–Kier alpha value is -2.22. The molecule has 3 heterocycles. The molecule has 0 bridgehead atoms. The minimum atomic E-state index is -0.0283. The highest BCUT2D eigenvalue weighted by Crippen LogP contribution is 2.30. The molecular weight excluding hydrogens is 322 g/mol. The van der Waals surface area contributed by atoms with Gasteiger partial charge in [-0.2, -0.15) is 4.98 Å². The first-order valence-electron chi connectivity index (χ1n) is 8.71. The van der Waals surface area contributed by atoms with Crippen molar-refractivity contribution in [3.8, 4) is 0 Å². The average Bonchev–Trinajstić information content (AvgIpc) is 3.27. The van der Waals surface area contributed by atoms with Crippen molar-refractivity contribution in [2.24, 2.45) is 0 Å². The van der Waals surface area contributed by atoms with Crippen LogP contribution < -0.4 is 5.32 Å². The van der Waals surface area contributed by atoms with Gasteiger partial charge in [-0.3, -0.25) is 9.69 Å². The number of nitrogens with one attached hydrogen (secondary N) is 1. The number of carbonyl (C=O) groups is 1. The molecule has 0 unspecified atom stereocenters. The molecule has 1 aliphatic heterocycles. The number of nitrogens with zero attached hydrogens (tertiary/aromatic N) is 4. The fourth-order valence-corrected chi connectivity index (χ4v) is 3.11. The van der Waals surface area contributed by atoms with E-state index in [0.717, 1.165) is 36.4 Å². The summed E-state index contributed by atoms with van der Waals surface area (Å²) >= 11 is 0. The molecule has 136 valence electrons. The van der Waals surface area contributed by atoms with E-state index in [1.54, 1.807) is 0 Å². The zero-order chi connectivity index (χ0) is 18.0. The Labute approximate surface area is 146 Å². The number of aromatic nitrogens is 3. The van der Waals surface area contributed by atoms with Crippen LogP contribution in [0.1, 0.15) is 67.4 Å². The summed E-state index contributed by atoms with van der Waals surface area (Å²) in [4.78, 5) is 18.9. The van der Waals surface area contributed by atoms with Crippen molar-refractivity contribution in [3.05, 3.63) is 28.7 Å². The lowest BCUT2D eigenvalue weighted by atomic mass is 10.2. The molecule has 0 saturated carbocycles. The van der Waals surface area contributed by atoms with Crippen molar-refractivity contribution in [3.63, 3.8) is 0 Å². The normalized spacial score (nSPS) is 18.2. The van der Waals surface area contributed by atoms with Gasteiger partial charge in [0.2, 0.25) is 11.8 Å². The molecular formula is C17H25N5O3. The molecule has 8 heteroatoms. The Morgan fingerprint density at radius 2 is 2.12 bits per heavy atom. The number of aryl methyl sites for hydroxylation is 2. The van der Waals surface area contributed by atoms with E-state index in [-0.39, 0.29) is 17.9 Å². The maximum Gasteiger partial charge on any atom is 0.234 e. The lowest BCUT2D eigenvalue weighted by molar-refractivity contribution is -0.122. The largest absolute Gasteiger partial charge is 0.361 e. The van der Waals surface area contributed by atoms with Crippen molar-refractivity contribution in [1.82, 2.24) is 25.5 Å². The fraction of sp³-hybridized carbons (Fsp3) is 0.647. The second kappa shape index (κ2) is 7.35. The van der Waals surface area contributed by atoms with Gasteiger partial charge in [0.05, 0.1) is 18.3 Å². The van der Waals surface area contributed by atoms with E-state index >= 15 is 0 Å². The maximum absolute atomic E-state index is 12.3. The van der Waals surface area contributed by atoms with Crippen LogP contribution in [0.2, 0.25) is 0 Å². The molecule has 0 aromatic carbocycles. The van der Waals surface area contributed by atoms with Crippen LogP contribution in [0.15, 0.2) is 9.05 Å². The first-order valence-corrected chi connectivity index (χ1v) is 8.71. The van der Waals surface area contributed by atoms with Crippen LogP contribution in [0.25, 0.3) is 0 Å². The van der Waals surface area contributed by atoms with Gasteiger partial charge in [0.1, 0.15) is 5.76 Å². The zero-order valence-corrected chi connectivity index (χ0v) is 15.2. The summed E-state index contributed by atoms with van der Waals surface area (Å²) in [6, 6.07) is 0.0427. The second-order valence-corrected chi connectivity index (χ2v) is 6.85. The van der Waals surface area contributed by atoms with Crippen LogP contribution in [0.5, 0.6) is 0 Å². The van der Waals surface area contributed by atoms with Crippen molar-refractivity contribution >= 4 is 5.91 Å². The van der Waals surface area contributed by atoms with Crippen LogP contribution in [-0.4, -0.2) is 39.2 Å². The number of hydrogen-bond acceptors (Lipinski definition) is 7. The van der Waals surface area contributed by atoms with Crippen LogP contribution in [0, 0.1) is 13.8 Å². The van der Waals surface area contributed by atoms with Crippen molar-refractivity contribution in [2.75, 3.05) is 13.1 Å². The van der Waals surface area contributed by atoms with Gasteiger partial charge in [-0.05, 0) is 33.2 Å². The topological polar surface area (TPSA) is 97.3 Å². The molecule has 1 N–H and O–H groups in total. The summed E-state index contributed by atoms with van der Waals surface area (Å²) in [5.74, 6) is 2.24. The third kappa shape index (κ3) is 3.89. The van der Waals surface area contributed by atoms with Gasteiger partial charge in [-0.25, -0.2) is 0 Å². The highest BCUT2D eigenvalue weighted by Gasteiger charge is 2.31. The predicted octanol–water partition coefficient (Wildman–Crippen LogP) is 2.25. The van der Waals surface area contributed by atoms with E-state index in [1.807, 2.05) is 27.7 Å². The lowest BCUT2D eigenvalue weighted by Gasteiger charge is -2.21. The van der Waals surface area contributed by atoms with Crippen LogP contribution in [-0.2, 0) is 11.3 Å². The second-order valence-electron chi connectivity index (χ2n) is 6.85. The van der Waals surface area contributed by atoms with E-state index in [1.165, 1.54) is 0 Å². The predicted molar refractivity (Wildman–Crippen MR) is 89.8 cm³/mol. The minimum absolute atomic E-state index is 0.0283. The first-order chi connectivity index (χ1) is 12.0. The number of amides is 1. The molecule has 1 amide bonds. The van der Waals surface area contributed by atoms with E-state index in [9.17, 15) is 4.79 Å². The van der Waals surface area contributed by atoms with Gasteiger partial charge in [0, 0.05) is 18.0 Å². The minimum Gasteiger partial charge on any atom is -0.361 e. The smallest absolute Gasteiger partial charge is 0.234 e. The molecule has 2 aromatic heterocycles. The Morgan fingerprint density at radius 1 is 1.32 bits per heavy atom. The number of likely N-dealkylation sites (tertiary alicyclic amines) is 1. The van der Waals surface area contributed by atoms with Gasteiger partial charge in [-0.15, -0.1) is 0 Å². The Kier molecular flexibility index (Phi) is 5.17. The summed E-state index contributed by atoms with van der Waals surface area (Å²) in [7, 11) is 0. The van der Waals surface area contributed by atoms with Crippen LogP contribution in [0.3, 0.4) is 0 Å². The fourth-order valence-electron chi connectivity index (χ4n) is 3.11. The molecule has 8 nitrogen and oxygen atoms in total. The Bertz CT molecular complexity index is 717. The Balaban J connectivity index is 1.58. The van der Waals surface area contributed by atoms with Gasteiger partial charge in [-0.1, -0.05) is 24.2 Å². The third-order valence-electron chi connectivity index (χ3n) is 4.60. The average molecular weight is 347 g/mol. The SMILES string of the molecule is Cc1noc(C)c1CNC(=O)CN1CCC[C@@H]1c1noc(C(C)C)n1. The maximum atomic E-state index is 12.3. The van der Waals surface area contributed by atoms with Crippen LogP contribution >= 0.6 is 0 Å². The molecule has 25 heavy (non-hydrogen) atoms.